The molecule has 0 aliphatic rings. The van der Waals surface area contributed by atoms with Crippen molar-refractivity contribution in [2.75, 3.05) is 0 Å². The Kier molecular flexibility index (Phi) is 5.09. The van der Waals surface area contributed by atoms with E-state index in [0.29, 0.717) is 0 Å². The molecule has 0 aromatic heterocycles. The molecule has 60 valence electrons. The summed E-state index contributed by atoms with van der Waals surface area (Å²) in [7, 11) is 0. The van der Waals surface area contributed by atoms with Gasteiger partial charge in [0, 0.05) is 0 Å². The van der Waals surface area contributed by atoms with Crippen LogP contribution in [0.5, 0.6) is 0 Å². The van der Waals surface area contributed by atoms with E-state index >= 15 is 0 Å². The van der Waals surface area contributed by atoms with Gasteiger partial charge in [-0.15, -0.1) is 0 Å². The largest absolute Gasteiger partial charge is 0.264 e. The first-order valence-electron chi connectivity index (χ1n) is 3.72. The van der Waals surface area contributed by atoms with E-state index in [-0.39, 0.29) is 0 Å². The lowest BCUT2D eigenvalue weighted by atomic mass is 10.1. The molecular formula is C10H15N. The van der Waals surface area contributed by atoms with Gasteiger partial charge in [0.15, 0.2) is 0 Å². The summed E-state index contributed by atoms with van der Waals surface area (Å²) in [5.41, 5.74) is 2.05. The van der Waals surface area contributed by atoms with Crippen LogP contribution < -0.4 is 0 Å². The van der Waals surface area contributed by atoms with Gasteiger partial charge in [-0.25, -0.2) is 0 Å². The van der Waals surface area contributed by atoms with E-state index in [1.165, 1.54) is 0 Å². The Morgan fingerprint density at radius 2 is 1.82 bits per heavy atom. The minimum absolute atomic E-state index is 0.936. The number of rotatable bonds is 3. The zero-order valence-corrected chi connectivity index (χ0v) is 7.46. The first kappa shape index (κ1) is 9.89. The van der Waals surface area contributed by atoms with Gasteiger partial charge in [-0.2, -0.15) is 0 Å². The van der Waals surface area contributed by atoms with Crippen molar-refractivity contribution < 1.29 is 0 Å². The van der Waals surface area contributed by atoms with Crippen molar-refractivity contribution in [2.45, 2.75) is 20.8 Å². The summed E-state index contributed by atoms with van der Waals surface area (Å²) in [6.45, 7) is 9.42. The Morgan fingerprint density at radius 1 is 1.18 bits per heavy atom. The Morgan fingerprint density at radius 3 is 2.09 bits per heavy atom. The Bertz CT molecular complexity index is 207. The fourth-order valence-electron chi connectivity index (χ4n) is 0.858. The van der Waals surface area contributed by atoms with Crippen LogP contribution in [0, 0.1) is 0 Å². The molecule has 0 unspecified atom stereocenters. The highest BCUT2D eigenvalue weighted by atomic mass is 14.7. The van der Waals surface area contributed by atoms with Crippen molar-refractivity contribution in [2.24, 2.45) is 4.99 Å². The first-order chi connectivity index (χ1) is 5.29. The molecule has 0 aromatic rings. The van der Waals surface area contributed by atoms with Gasteiger partial charge in [0.1, 0.15) is 0 Å². The van der Waals surface area contributed by atoms with E-state index in [4.69, 9.17) is 0 Å². The maximum absolute atomic E-state index is 3.89. The standard InChI is InChI=1S/C10H15N/c1-5-8-9(6-2)10(7-3)11-4/h5-8H,4H2,1-3H3/b8-5-,9-6+,10-7-. The fraction of sp³-hybridized carbons (Fsp3) is 0.300. The maximum atomic E-state index is 3.89. The second kappa shape index (κ2) is 5.66. The average Bonchev–Trinajstić information content (AvgIpc) is 2.05. The molecule has 0 spiro atoms. The van der Waals surface area contributed by atoms with Crippen LogP contribution in [0.2, 0.25) is 0 Å². The van der Waals surface area contributed by atoms with E-state index in [2.05, 4.69) is 11.7 Å². The highest BCUT2D eigenvalue weighted by Crippen LogP contribution is 2.11. The molecule has 0 radical (unpaired) electrons. The summed E-state index contributed by atoms with van der Waals surface area (Å²) >= 11 is 0. The summed E-state index contributed by atoms with van der Waals surface area (Å²) in [5, 5.41) is 0. The van der Waals surface area contributed by atoms with Gasteiger partial charge < -0.3 is 0 Å². The van der Waals surface area contributed by atoms with Gasteiger partial charge in [-0.05, 0) is 33.1 Å². The topological polar surface area (TPSA) is 12.4 Å². The molecule has 0 aromatic carbocycles. The van der Waals surface area contributed by atoms with Crippen molar-refractivity contribution in [1.82, 2.24) is 0 Å². The number of hydrogen-bond acceptors (Lipinski definition) is 1. The van der Waals surface area contributed by atoms with Crippen LogP contribution in [0.4, 0.5) is 0 Å². The van der Waals surface area contributed by atoms with Gasteiger partial charge in [0.05, 0.1) is 5.70 Å². The van der Waals surface area contributed by atoms with Crippen LogP contribution in [0.3, 0.4) is 0 Å². The number of hydrogen-bond donors (Lipinski definition) is 0. The van der Waals surface area contributed by atoms with Crippen LogP contribution in [0.25, 0.3) is 0 Å². The molecule has 0 fully saturated rings. The van der Waals surface area contributed by atoms with Crippen LogP contribution >= 0.6 is 0 Å². The monoisotopic (exact) mass is 149 g/mol. The lowest BCUT2D eigenvalue weighted by Crippen LogP contribution is -1.80. The Balaban J connectivity index is 4.64. The molecular weight excluding hydrogens is 134 g/mol. The molecule has 0 bridgehead atoms. The van der Waals surface area contributed by atoms with Crippen LogP contribution in [-0.2, 0) is 0 Å². The van der Waals surface area contributed by atoms with Crippen molar-refractivity contribution in [3.05, 3.63) is 35.6 Å². The summed E-state index contributed by atoms with van der Waals surface area (Å²) < 4.78 is 0. The molecule has 0 N–H and O–H groups in total. The summed E-state index contributed by atoms with van der Waals surface area (Å²) in [5.74, 6) is 0. The molecule has 0 amide bonds. The Hall–Kier alpha value is -1.11. The van der Waals surface area contributed by atoms with E-state index in [1.54, 1.807) is 0 Å². The second-order valence-corrected chi connectivity index (χ2v) is 2.08. The molecule has 0 aliphatic heterocycles. The quantitative estimate of drug-likeness (QED) is 0.432. The van der Waals surface area contributed by atoms with Crippen molar-refractivity contribution in [3.63, 3.8) is 0 Å². The predicted molar refractivity (Wildman–Crippen MR) is 51.9 cm³/mol. The van der Waals surface area contributed by atoms with Gasteiger partial charge in [-0.1, -0.05) is 24.3 Å². The maximum Gasteiger partial charge on any atom is 0.0648 e. The fourth-order valence-corrected chi connectivity index (χ4v) is 0.858. The van der Waals surface area contributed by atoms with Crippen LogP contribution in [0.15, 0.2) is 40.6 Å². The van der Waals surface area contributed by atoms with Crippen molar-refractivity contribution in [3.8, 4) is 0 Å². The van der Waals surface area contributed by atoms with E-state index < -0.39 is 0 Å². The minimum atomic E-state index is 0.936. The SMILES string of the molecule is C=NC(=C\C)/C(/C=C\C)=C/C. The molecule has 0 saturated heterocycles. The molecule has 0 saturated carbocycles. The average molecular weight is 149 g/mol. The molecule has 0 heterocycles. The van der Waals surface area contributed by atoms with Gasteiger partial charge in [-0.3, -0.25) is 4.99 Å². The Labute approximate surface area is 68.9 Å². The lowest BCUT2D eigenvalue weighted by molar-refractivity contribution is 1.32. The van der Waals surface area contributed by atoms with E-state index in [1.807, 2.05) is 45.1 Å². The normalized spacial score (nSPS) is 14.1. The van der Waals surface area contributed by atoms with Gasteiger partial charge >= 0.3 is 0 Å². The summed E-state index contributed by atoms with van der Waals surface area (Å²) in [6, 6.07) is 0. The molecule has 0 aliphatic carbocycles. The van der Waals surface area contributed by atoms with Gasteiger partial charge in [0.2, 0.25) is 0 Å². The van der Waals surface area contributed by atoms with Crippen LogP contribution in [-0.4, -0.2) is 6.72 Å². The summed E-state index contributed by atoms with van der Waals surface area (Å²) in [6.07, 6.45) is 7.97. The molecule has 11 heavy (non-hydrogen) atoms. The second-order valence-electron chi connectivity index (χ2n) is 2.08. The third kappa shape index (κ3) is 2.99. The predicted octanol–water partition coefficient (Wildman–Crippen LogP) is 3.11. The first-order valence-corrected chi connectivity index (χ1v) is 3.72. The van der Waals surface area contributed by atoms with E-state index in [0.717, 1.165) is 11.3 Å². The number of aliphatic imine (C=N–C) groups is 1. The van der Waals surface area contributed by atoms with Crippen molar-refractivity contribution >= 4 is 6.72 Å². The van der Waals surface area contributed by atoms with Gasteiger partial charge in [0.25, 0.3) is 0 Å². The number of allylic oxidation sites excluding steroid dienone is 4. The van der Waals surface area contributed by atoms with E-state index in [9.17, 15) is 0 Å². The van der Waals surface area contributed by atoms with Crippen LogP contribution in [0.1, 0.15) is 20.8 Å². The third-order valence-corrected chi connectivity index (χ3v) is 1.40. The minimum Gasteiger partial charge on any atom is -0.264 e. The summed E-state index contributed by atoms with van der Waals surface area (Å²) in [4.78, 5) is 3.89. The number of nitrogens with zero attached hydrogens (tertiary/aromatic N) is 1. The molecule has 1 nitrogen and oxygen atoms in total. The molecule has 1 heteroatoms. The molecule has 0 atom stereocenters. The lowest BCUT2D eigenvalue weighted by Gasteiger charge is -1.99. The van der Waals surface area contributed by atoms with Crippen molar-refractivity contribution in [1.29, 1.82) is 0 Å². The molecule has 0 rings (SSSR count). The zero-order chi connectivity index (χ0) is 8.69. The highest BCUT2D eigenvalue weighted by molar-refractivity contribution is 5.43. The zero-order valence-electron chi connectivity index (χ0n) is 7.46. The third-order valence-electron chi connectivity index (χ3n) is 1.40. The highest BCUT2D eigenvalue weighted by Gasteiger charge is 1.93. The smallest absolute Gasteiger partial charge is 0.0648 e.